The Hall–Kier alpha value is -1.69. The maximum absolute atomic E-state index is 12.4. The lowest BCUT2D eigenvalue weighted by Crippen LogP contribution is -2.47. The van der Waals surface area contributed by atoms with Gasteiger partial charge in [0.1, 0.15) is 0 Å². The molecule has 6 nitrogen and oxygen atoms in total. The van der Waals surface area contributed by atoms with Gasteiger partial charge in [-0.05, 0) is 44.7 Å². The van der Waals surface area contributed by atoms with Crippen molar-refractivity contribution >= 4 is 11.9 Å². The van der Waals surface area contributed by atoms with Crippen LogP contribution in [-0.2, 0) is 11.3 Å². The molecule has 3 heterocycles. The van der Waals surface area contributed by atoms with E-state index in [4.69, 9.17) is 4.98 Å². The van der Waals surface area contributed by atoms with Crippen LogP contribution in [0.4, 0.5) is 5.95 Å². The van der Waals surface area contributed by atoms with Gasteiger partial charge in [-0.25, -0.2) is 9.97 Å². The molecule has 4 rings (SSSR count). The number of carbonyl (C=O) groups excluding carboxylic acids is 1. The number of hydrogen-bond acceptors (Lipinski definition) is 5. The lowest BCUT2D eigenvalue weighted by Gasteiger charge is -2.41. The Balaban J connectivity index is 1.48. The number of anilines is 1. The van der Waals surface area contributed by atoms with Gasteiger partial charge in [-0.15, -0.1) is 0 Å². The predicted octanol–water partition coefficient (Wildman–Crippen LogP) is 3.22. The minimum absolute atomic E-state index is 0.106. The van der Waals surface area contributed by atoms with E-state index in [9.17, 15) is 4.79 Å². The number of carbonyl (C=O) groups is 1. The molecular weight excluding hydrogens is 350 g/mol. The first-order chi connectivity index (χ1) is 13.6. The summed E-state index contributed by atoms with van der Waals surface area (Å²) < 4.78 is 0. The van der Waals surface area contributed by atoms with Crippen LogP contribution in [-0.4, -0.2) is 63.4 Å². The van der Waals surface area contributed by atoms with E-state index in [2.05, 4.69) is 32.7 Å². The summed E-state index contributed by atoms with van der Waals surface area (Å²) in [5, 5.41) is 0. The van der Waals surface area contributed by atoms with Crippen molar-refractivity contribution in [3.63, 3.8) is 0 Å². The van der Waals surface area contributed by atoms with E-state index < -0.39 is 0 Å². The molecule has 1 saturated carbocycles. The van der Waals surface area contributed by atoms with Crippen molar-refractivity contribution in [1.82, 2.24) is 19.8 Å². The van der Waals surface area contributed by atoms with Crippen LogP contribution in [0, 0.1) is 0 Å². The average molecular weight is 386 g/mol. The Morgan fingerprint density at radius 3 is 2.64 bits per heavy atom. The number of nitrogens with zero attached hydrogens (tertiary/aromatic N) is 5. The zero-order valence-electron chi connectivity index (χ0n) is 17.6. The second-order valence-electron chi connectivity index (χ2n) is 8.88. The maximum atomic E-state index is 12.4. The third-order valence-electron chi connectivity index (χ3n) is 7.12. The molecule has 154 valence electrons. The van der Waals surface area contributed by atoms with Crippen LogP contribution < -0.4 is 4.90 Å². The molecule has 0 radical (unpaired) electrons. The Morgan fingerprint density at radius 2 is 1.96 bits per heavy atom. The molecule has 3 aliphatic rings. The molecule has 1 atom stereocenters. The summed E-state index contributed by atoms with van der Waals surface area (Å²) in [5.74, 6) is 1.13. The highest BCUT2D eigenvalue weighted by Crippen LogP contribution is 2.43. The number of hydrogen-bond donors (Lipinski definition) is 0. The van der Waals surface area contributed by atoms with E-state index in [0.29, 0.717) is 6.04 Å². The molecule has 0 aromatic carbocycles. The molecule has 0 bridgehead atoms. The lowest BCUT2D eigenvalue weighted by molar-refractivity contribution is -0.134. The highest BCUT2D eigenvalue weighted by Gasteiger charge is 2.48. The topological polar surface area (TPSA) is 52.6 Å². The van der Waals surface area contributed by atoms with Crippen LogP contribution in [0.2, 0.25) is 0 Å². The second kappa shape index (κ2) is 8.36. The van der Waals surface area contributed by atoms with Crippen LogP contribution in [0.1, 0.15) is 70.9 Å². The third kappa shape index (κ3) is 3.88. The normalized spacial score (nSPS) is 24.5. The van der Waals surface area contributed by atoms with Gasteiger partial charge in [-0.3, -0.25) is 9.69 Å². The van der Waals surface area contributed by atoms with Crippen LogP contribution in [0.3, 0.4) is 0 Å². The summed E-state index contributed by atoms with van der Waals surface area (Å²) in [5.41, 5.74) is 1.20. The zero-order valence-corrected chi connectivity index (χ0v) is 17.6. The summed E-state index contributed by atoms with van der Waals surface area (Å²) in [6.45, 7) is 8.81. The van der Waals surface area contributed by atoms with Gasteiger partial charge >= 0.3 is 0 Å². The van der Waals surface area contributed by atoms with Crippen molar-refractivity contribution in [3.05, 3.63) is 18.0 Å². The van der Waals surface area contributed by atoms with Gasteiger partial charge in [0.25, 0.3) is 0 Å². The lowest BCUT2D eigenvalue weighted by atomic mass is 9.79. The van der Waals surface area contributed by atoms with Crippen molar-refractivity contribution < 1.29 is 4.79 Å². The fourth-order valence-corrected chi connectivity index (χ4v) is 5.66. The van der Waals surface area contributed by atoms with Gasteiger partial charge in [0.15, 0.2) is 0 Å². The number of aromatic nitrogens is 2. The summed E-state index contributed by atoms with van der Waals surface area (Å²) in [4.78, 5) is 28.8. The van der Waals surface area contributed by atoms with Crippen molar-refractivity contribution in [2.24, 2.45) is 0 Å². The van der Waals surface area contributed by atoms with Gasteiger partial charge in [0.05, 0.1) is 5.69 Å². The first-order valence-corrected chi connectivity index (χ1v) is 11.2. The first-order valence-electron chi connectivity index (χ1n) is 11.2. The standard InChI is InChI=1S/C22H35N5O/c1-3-25(16-19-9-12-23-21(24-19)26-13-7-8-14-26)20-15-22(10-5-4-6-11-22)27(17-20)18(2)28/h9,12,20H,3-8,10-11,13-17H2,1-2H3. The van der Waals surface area contributed by atoms with Crippen LogP contribution >= 0.6 is 0 Å². The maximum Gasteiger partial charge on any atom is 0.225 e. The zero-order chi connectivity index (χ0) is 19.6. The first kappa shape index (κ1) is 19.6. The molecule has 1 spiro atoms. The minimum atomic E-state index is 0.106. The van der Waals surface area contributed by atoms with E-state index in [-0.39, 0.29) is 11.4 Å². The molecule has 2 aliphatic heterocycles. The largest absolute Gasteiger partial charge is 0.341 e. The molecule has 6 heteroatoms. The SMILES string of the molecule is CCN(Cc1ccnc(N2CCCC2)n1)C1CN(C(C)=O)C2(CCCCC2)C1. The van der Waals surface area contributed by atoms with Crippen LogP contribution in [0.5, 0.6) is 0 Å². The monoisotopic (exact) mass is 385 g/mol. The number of likely N-dealkylation sites (tertiary alicyclic amines) is 1. The van der Waals surface area contributed by atoms with E-state index in [0.717, 1.165) is 50.8 Å². The fourth-order valence-electron chi connectivity index (χ4n) is 5.66. The molecule has 1 aliphatic carbocycles. The summed E-state index contributed by atoms with van der Waals surface area (Å²) in [6, 6.07) is 2.48. The van der Waals surface area contributed by atoms with Crippen molar-refractivity contribution in [3.8, 4) is 0 Å². The summed E-state index contributed by atoms with van der Waals surface area (Å²) in [7, 11) is 0. The minimum Gasteiger partial charge on any atom is -0.341 e. The molecule has 1 unspecified atom stereocenters. The number of likely N-dealkylation sites (N-methyl/N-ethyl adjacent to an activating group) is 1. The van der Waals surface area contributed by atoms with Gasteiger partial charge in [0, 0.05) is 50.9 Å². The molecule has 1 aromatic heterocycles. The van der Waals surface area contributed by atoms with Crippen LogP contribution in [0.15, 0.2) is 12.3 Å². The Labute approximate surface area is 169 Å². The van der Waals surface area contributed by atoms with Gasteiger partial charge in [-0.2, -0.15) is 0 Å². The molecule has 28 heavy (non-hydrogen) atoms. The summed E-state index contributed by atoms with van der Waals surface area (Å²) >= 11 is 0. The van der Waals surface area contributed by atoms with Gasteiger partial charge < -0.3 is 9.80 Å². The predicted molar refractivity (Wildman–Crippen MR) is 111 cm³/mol. The second-order valence-corrected chi connectivity index (χ2v) is 8.88. The molecule has 2 saturated heterocycles. The number of amides is 1. The van der Waals surface area contributed by atoms with Crippen LogP contribution in [0.25, 0.3) is 0 Å². The molecule has 1 amide bonds. The van der Waals surface area contributed by atoms with Gasteiger partial charge in [-0.1, -0.05) is 26.2 Å². The fraction of sp³-hybridized carbons (Fsp3) is 0.773. The smallest absolute Gasteiger partial charge is 0.225 e. The molecule has 3 fully saturated rings. The van der Waals surface area contributed by atoms with Crippen molar-refractivity contribution in [2.75, 3.05) is 31.1 Å². The third-order valence-corrected chi connectivity index (χ3v) is 7.12. The highest BCUT2D eigenvalue weighted by atomic mass is 16.2. The van der Waals surface area contributed by atoms with Crippen molar-refractivity contribution in [2.45, 2.75) is 83.3 Å². The van der Waals surface area contributed by atoms with Crippen molar-refractivity contribution in [1.29, 1.82) is 0 Å². The van der Waals surface area contributed by atoms with E-state index in [1.807, 2.05) is 6.20 Å². The van der Waals surface area contributed by atoms with E-state index >= 15 is 0 Å². The van der Waals surface area contributed by atoms with Gasteiger partial charge in [0.2, 0.25) is 11.9 Å². The van der Waals surface area contributed by atoms with E-state index in [1.165, 1.54) is 44.9 Å². The molecule has 1 aromatic rings. The Kier molecular flexibility index (Phi) is 5.85. The molecule has 0 N–H and O–H groups in total. The highest BCUT2D eigenvalue weighted by molar-refractivity contribution is 5.74. The Morgan fingerprint density at radius 1 is 1.21 bits per heavy atom. The van der Waals surface area contributed by atoms with E-state index in [1.54, 1.807) is 6.92 Å². The average Bonchev–Trinajstić information content (AvgIpc) is 3.36. The quantitative estimate of drug-likeness (QED) is 0.779. The Bertz CT molecular complexity index is 681. The summed E-state index contributed by atoms with van der Waals surface area (Å²) in [6.07, 6.45) is 11.7. The number of rotatable bonds is 5. The molecular formula is C22H35N5O.